The molecule has 1 amide bonds. The van der Waals surface area contributed by atoms with Gasteiger partial charge in [0.2, 0.25) is 5.91 Å². The van der Waals surface area contributed by atoms with Crippen LogP contribution in [0.3, 0.4) is 0 Å². The predicted molar refractivity (Wildman–Crippen MR) is 125 cm³/mol. The Kier molecular flexibility index (Phi) is 5.51. The van der Waals surface area contributed by atoms with Gasteiger partial charge in [-0.3, -0.25) is 14.1 Å². The molecule has 0 atom stereocenters. The molecule has 32 heavy (non-hydrogen) atoms. The predicted octanol–water partition coefficient (Wildman–Crippen LogP) is 3.36. The molecule has 8 heteroatoms. The number of likely N-dealkylation sites (tertiary alicyclic amines) is 1. The van der Waals surface area contributed by atoms with Crippen LogP contribution in [0.2, 0.25) is 0 Å². The molecule has 0 bridgehead atoms. The van der Waals surface area contributed by atoms with E-state index in [1.165, 1.54) is 11.8 Å². The quantitative estimate of drug-likeness (QED) is 0.620. The number of imidazole rings is 1. The lowest BCUT2D eigenvalue weighted by Crippen LogP contribution is -2.38. The van der Waals surface area contributed by atoms with Crippen LogP contribution >= 0.6 is 0 Å². The third-order valence-corrected chi connectivity index (χ3v) is 8.17. The molecule has 168 valence electrons. The van der Waals surface area contributed by atoms with E-state index in [1.807, 2.05) is 28.8 Å². The first kappa shape index (κ1) is 21.2. The van der Waals surface area contributed by atoms with Gasteiger partial charge in [-0.1, -0.05) is 30.3 Å². The van der Waals surface area contributed by atoms with E-state index in [9.17, 15) is 13.2 Å². The van der Waals surface area contributed by atoms with Gasteiger partial charge in [0, 0.05) is 18.7 Å². The van der Waals surface area contributed by atoms with Gasteiger partial charge in [-0.2, -0.15) is 0 Å². The third kappa shape index (κ3) is 4.56. The second-order valence-electron chi connectivity index (χ2n) is 9.03. The summed E-state index contributed by atoms with van der Waals surface area (Å²) in [4.78, 5) is 19.0. The van der Waals surface area contributed by atoms with Gasteiger partial charge in [0.25, 0.3) is 0 Å². The molecule has 7 nitrogen and oxygen atoms in total. The number of carbonyl (C=O) groups excluding carboxylic acids is 1. The van der Waals surface area contributed by atoms with E-state index in [1.54, 1.807) is 0 Å². The van der Waals surface area contributed by atoms with Gasteiger partial charge in [0.1, 0.15) is 15.5 Å². The number of nitrogens with zero attached hydrogens (tertiary/aromatic N) is 3. The van der Waals surface area contributed by atoms with E-state index in [0.29, 0.717) is 18.7 Å². The molecule has 1 N–H and O–H groups in total. The van der Waals surface area contributed by atoms with E-state index in [4.69, 9.17) is 0 Å². The molecule has 1 aliphatic heterocycles. The summed E-state index contributed by atoms with van der Waals surface area (Å²) in [5.74, 6) is 0.785. The number of hydrogen-bond acceptors (Lipinski definition) is 5. The van der Waals surface area contributed by atoms with Crippen molar-refractivity contribution < 1.29 is 13.2 Å². The van der Waals surface area contributed by atoms with Crippen molar-refractivity contribution in [3.63, 3.8) is 0 Å². The van der Waals surface area contributed by atoms with Crippen LogP contribution in [-0.4, -0.2) is 53.2 Å². The second kappa shape index (κ2) is 8.33. The number of hydrogen-bond donors (Lipinski definition) is 1. The summed E-state index contributed by atoms with van der Waals surface area (Å²) in [6.07, 6.45) is 6.57. The number of fused-ring (bicyclic) bond motifs is 1. The van der Waals surface area contributed by atoms with Gasteiger partial charge in [0.05, 0.1) is 17.1 Å². The van der Waals surface area contributed by atoms with E-state index in [0.717, 1.165) is 49.4 Å². The van der Waals surface area contributed by atoms with Crippen molar-refractivity contribution in [3.05, 3.63) is 54.2 Å². The Morgan fingerprint density at radius 3 is 2.44 bits per heavy atom. The zero-order chi connectivity index (χ0) is 22.3. The molecule has 2 aliphatic rings. The van der Waals surface area contributed by atoms with Crippen molar-refractivity contribution in [1.82, 2.24) is 14.3 Å². The largest absolute Gasteiger partial charge is 0.309 e. The number of pyridine rings is 1. The van der Waals surface area contributed by atoms with Crippen molar-refractivity contribution in [3.8, 4) is 11.3 Å². The van der Waals surface area contributed by atoms with Gasteiger partial charge in [-0.05, 0) is 62.0 Å². The Bertz CT molecular complexity index is 1240. The lowest BCUT2D eigenvalue weighted by Gasteiger charge is -2.31. The molecule has 5 rings (SSSR count). The molecule has 3 aromatic rings. The van der Waals surface area contributed by atoms with Crippen molar-refractivity contribution in [2.45, 2.75) is 37.5 Å². The van der Waals surface area contributed by atoms with Crippen LogP contribution in [0.5, 0.6) is 0 Å². The average molecular weight is 453 g/mol. The van der Waals surface area contributed by atoms with Crippen molar-refractivity contribution in [2.75, 3.05) is 24.7 Å². The SMILES string of the molecule is CS(=O)(=O)C1CCN(Cc2ccc(-c3cccc4nc(NC(=O)C5CC5)cn34)cc2)CC1. The number of piperidine rings is 1. The highest BCUT2D eigenvalue weighted by atomic mass is 32.2. The number of anilines is 1. The summed E-state index contributed by atoms with van der Waals surface area (Å²) >= 11 is 0. The molecule has 3 heterocycles. The van der Waals surface area contributed by atoms with Gasteiger partial charge in [0.15, 0.2) is 5.82 Å². The standard InChI is InChI=1S/C24H28N4O3S/c1-32(30,31)20-11-13-27(14-12-20)15-17-5-7-18(8-6-17)21-3-2-4-23-25-22(16-28(21)23)26-24(29)19-9-10-19/h2-8,16,19-20H,9-15H2,1H3,(H,26,29). The minimum Gasteiger partial charge on any atom is -0.309 e. The minimum absolute atomic E-state index is 0.0554. The van der Waals surface area contributed by atoms with Crippen molar-refractivity contribution in [1.29, 1.82) is 0 Å². The molecular weight excluding hydrogens is 424 g/mol. The molecule has 1 aromatic carbocycles. The van der Waals surface area contributed by atoms with E-state index < -0.39 is 9.84 Å². The molecule has 0 radical (unpaired) electrons. The van der Waals surface area contributed by atoms with Crippen molar-refractivity contribution >= 4 is 27.2 Å². The number of sulfone groups is 1. The number of benzene rings is 1. The second-order valence-corrected chi connectivity index (χ2v) is 11.4. The van der Waals surface area contributed by atoms with Crippen LogP contribution in [0, 0.1) is 5.92 Å². The maximum atomic E-state index is 12.1. The lowest BCUT2D eigenvalue weighted by atomic mass is 10.1. The first-order valence-electron chi connectivity index (χ1n) is 11.2. The summed E-state index contributed by atoms with van der Waals surface area (Å²) in [5.41, 5.74) is 4.10. The minimum atomic E-state index is -2.94. The zero-order valence-corrected chi connectivity index (χ0v) is 19.0. The van der Waals surface area contributed by atoms with Gasteiger partial charge >= 0.3 is 0 Å². The van der Waals surface area contributed by atoms with Gasteiger partial charge in [-0.15, -0.1) is 0 Å². The highest BCUT2D eigenvalue weighted by Gasteiger charge is 2.30. The first-order valence-corrected chi connectivity index (χ1v) is 13.1. The summed E-state index contributed by atoms with van der Waals surface area (Å²) < 4.78 is 25.5. The Morgan fingerprint density at radius 2 is 1.78 bits per heavy atom. The number of carbonyl (C=O) groups is 1. The fourth-order valence-corrected chi connectivity index (χ4v) is 5.48. The average Bonchev–Trinajstić information content (AvgIpc) is 3.54. The fraction of sp³-hybridized carbons (Fsp3) is 0.417. The van der Waals surface area contributed by atoms with Gasteiger partial charge < -0.3 is 5.32 Å². The normalized spacial score (nSPS) is 18.2. The summed E-state index contributed by atoms with van der Waals surface area (Å²) in [6.45, 7) is 2.44. The highest BCUT2D eigenvalue weighted by molar-refractivity contribution is 7.91. The third-order valence-electron chi connectivity index (χ3n) is 6.49. The zero-order valence-electron chi connectivity index (χ0n) is 18.2. The Balaban J connectivity index is 1.28. The van der Waals surface area contributed by atoms with Crippen LogP contribution in [0.25, 0.3) is 16.9 Å². The molecule has 1 saturated heterocycles. The number of amides is 1. The van der Waals surface area contributed by atoms with Gasteiger partial charge in [-0.25, -0.2) is 13.4 Å². The topological polar surface area (TPSA) is 83.8 Å². The Hall–Kier alpha value is -2.71. The first-order chi connectivity index (χ1) is 15.4. The van der Waals surface area contributed by atoms with Crippen LogP contribution < -0.4 is 5.32 Å². The lowest BCUT2D eigenvalue weighted by molar-refractivity contribution is -0.117. The smallest absolute Gasteiger partial charge is 0.228 e. The molecule has 2 aromatic heterocycles. The van der Waals surface area contributed by atoms with Crippen LogP contribution in [0.1, 0.15) is 31.2 Å². The summed E-state index contributed by atoms with van der Waals surface area (Å²) in [7, 11) is -2.94. The Labute approximate surface area is 188 Å². The summed E-state index contributed by atoms with van der Waals surface area (Å²) in [5, 5.41) is 2.73. The van der Waals surface area contributed by atoms with E-state index >= 15 is 0 Å². The van der Waals surface area contributed by atoms with E-state index in [-0.39, 0.29) is 17.1 Å². The van der Waals surface area contributed by atoms with Crippen LogP contribution in [0.4, 0.5) is 5.82 Å². The number of rotatable bonds is 6. The fourth-order valence-electron chi connectivity index (χ4n) is 4.41. The van der Waals surface area contributed by atoms with Crippen molar-refractivity contribution in [2.24, 2.45) is 5.92 Å². The molecule has 1 saturated carbocycles. The maximum Gasteiger partial charge on any atom is 0.228 e. The molecule has 2 fully saturated rings. The molecule has 1 aliphatic carbocycles. The highest BCUT2D eigenvalue weighted by Crippen LogP contribution is 2.30. The molecular formula is C24H28N4O3S. The number of aromatic nitrogens is 2. The number of nitrogens with one attached hydrogen (secondary N) is 1. The van der Waals surface area contributed by atoms with Crippen LogP contribution in [0.15, 0.2) is 48.7 Å². The monoisotopic (exact) mass is 452 g/mol. The molecule has 0 spiro atoms. The van der Waals surface area contributed by atoms with Crippen LogP contribution in [-0.2, 0) is 21.2 Å². The maximum absolute atomic E-state index is 12.1. The Morgan fingerprint density at radius 1 is 1.06 bits per heavy atom. The summed E-state index contributed by atoms with van der Waals surface area (Å²) in [6, 6.07) is 14.4. The van der Waals surface area contributed by atoms with E-state index in [2.05, 4.69) is 39.5 Å². The molecule has 0 unspecified atom stereocenters.